The molecule has 4 aromatic rings. The summed E-state index contributed by atoms with van der Waals surface area (Å²) in [7, 11) is 1.37. The van der Waals surface area contributed by atoms with Crippen LogP contribution in [-0.4, -0.2) is 23.0 Å². The first kappa shape index (κ1) is 16.5. The maximum Gasteiger partial charge on any atom is 0.341 e. The minimum atomic E-state index is -0.407. The van der Waals surface area contributed by atoms with E-state index in [2.05, 4.69) is 56.8 Å². The van der Waals surface area contributed by atoms with Crippen LogP contribution in [0.2, 0.25) is 0 Å². The number of benzene rings is 2. The van der Waals surface area contributed by atoms with Crippen LogP contribution in [-0.2, 0) is 4.74 Å². The molecule has 0 spiro atoms. The topological polar surface area (TPSA) is 57.9 Å². The fourth-order valence-corrected chi connectivity index (χ4v) is 3.39. The number of hydrogen-bond donors (Lipinski definition) is 2. The number of carbonyl (C=O) groups excluding carboxylic acids is 1. The molecule has 0 saturated carbocycles. The molecule has 0 bridgehead atoms. The molecule has 26 heavy (non-hydrogen) atoms. The molecule has 4 rings (SSSR count). The molecule has 0 aliphatic heterocycles. The number of carbonyl (C=O) groups is 1. The normalized spacial score (nSPS) is 10.7. The molecule has 0 atom stereocenters. The molecule has 2 N–H and O–H groups in total. The van der Waals surface area contributed by atoms with E-state index in [0.29, 0.717) is 11.3 Å². The van der Waals surface area contributed by atoms with Crippen molar-refractivity contribution in [3.05, 3.63) is 69.5 Å². The predicted molar refractivity (Wildman–Crippen MR) is 106 cm³/mol. The van der Waals surface area contributed by atoms with Crippen molar-refractivity contribution in [2.45, 2.75) is 6.92 Å². The summed E-state index contributed by atoms with van der Waals surface area (Å²) in [4.78, 5) is 18.8. The minimum Gasteiger partial charge on any atom is -0.465 e. The fraction of sp³-hybridized carbons (Fsp3) is 0.0952. The number of ether oxygens (including phenoxy) is 1. The first-order valence-corrected chi connectivity index (χ1v) is 8.85. The van der Waals surface area contributed by atoms with Gasteiger partial charge in [0.05, 0.1) is 12.8 Å². The highest BCUT2D eigenvalue weighted by atomic mass is 79.9. The number of aromatic nitrogens is 2. The van der Waals surface area contributed by atoms with E-state index < -0.39 is 5.97 Å². The van der Waals surface area contributed by atoms with Gasteiger partial charge in [0.15, 0.2) is 0 Å². The molecule has 2 aromatic carbocycles. The van der Waals surface area contributed by atoms with Crippen LogP contribution in [0.15, 0.2) is 46.9 Å². The summed E-state index contributed by atoms with van der Waals surface area (Å²) in [5.74, 6) is 5.78. The van der Waals surface area contributed by atoms with E-state index in [9.17, 15) is 4.79 Å². The minimum absolute atomic E-state index is 0.407. The molecule has 4 nitrogen and oxygen atoms in total. The third-order valence-corrected chi connectivity index (χ3v) is 4.74. The molecule has 0 saturated heterocycles. The summed E-state index contributed by atoms with van der Waals surface area (Å²) in [6, 6.07) is 13.9. The second-order valence-electron chi connectivity index (χ2n) is 6.08. The number of methoxy groups -OCH3 is 1. The van der Waals surface area contributed by atoms with E-state index in [1.54, 1.807) is 0 Å². The highest BCUT2D eigenvalue weighted by molar-refractivity contribution is 9.10. The van der Waals surface area contributed by atoms with Gasteiger partial charge in [-0.05, 0) is 49.1 Å². The molecule has 2 heterocycles. The maximum absolute atomic E-state index is 12.3. The van der Waals surface area contributed by atoms with Crippen LogP contribution in [0.25, 0.3) is 21.8 Å². The van der Waals surface area contributed by atoms with Crippen LogP contribution in [0.5, 0.6) is 0 Å². The zero-order valence-corrected chi connectivity index (χ0v) is 15.8. The van der Waals surface area contributed by atoms with E-state index in [1.165, 1.54) is 12.7 Å². The number of fused-ring (bicyclic) bond motifs is 2. The first-order valence-electron chi connectivity index (χ1n) is 8.06. The monoisotopic (exact) mass is 406 g/mol. The van der Waals surface area contributed by atoms with Gasteiger partial charge >= 0.3 is 5.97 Å². The van der Waals surface area contributed by atoms with Crippen molar-refractivity contribution in [1.29, 1.82) is 0 Å². The Kier molecular flexibility index (Phi) is 4.06. The summed E-state index contributed by atoms with van der Waals surface area (Å²) in [5.41, 5.74) is 4.85. The summed E-state index contributed by atoms with van der Waals surface area (Å²) in [5, 5.41) is 1.90. The number of esters is 1. The molecule has 0 aliphatic rings. The fourth-order valence-electron chi connectivity index (χ4n) is 3.03. The van der Waals surface area contributed by atoms with Crippen molar-refractivity contribution in [1.82, 2.24) is 9.97 Å². The van der Waals surface area contributed by atoms with Crippen LogP contribution < -0.4 is 0 Å². The predicted octanol–water partition coefficient (Wildman–Crippen LogP) is 4.91. The lowest BCUT2D eigenvalue weighted by atomic mass is 10.1. The lowest BCUT2D eigenvalue weighted by molar-refractivity contribution is 0.0602. The SMILES string of the molecule is COC(=O)c1c(C#Cc2cc3cc(C)ccc3[nH]2)[nH]c2cc(Br)ccc12. The third-order valence-electron chi connectivity index (χ3n) is 4.25. The molecule has 0 fully saturated rings. The first-order chi connectivity index (χ1) is 12.5. The number of aryl methyl sites for hydroxylation is 1. The summed E-state index contributed by atoms with van der Waals surface area (Å²) in [6.07, 6.45) is 0. The van der Waals surface area contributed by atoms with Gasteiger partial charge in [-0.3, -0.25) is 0 Å². The van der Waals surface area contributed by atoms with Gasteiger partial charge in [-0.2, -0.15) is 0 Å². The van der Waals surface area contributed by atoms with Crippen molar-refractivity contribution in [2.75, 3.05) is 7.11 Å². The molecule has 0 aliphatic carbocycles. The molecule has 128 valence electrons. The van der Waals surface area contributed by atoms with Crippen LogP contribution in [0.3, 0.4) is 0 Å². The molecule has 0 unspecified atom stereocenters. The lowest BCUT2D eigenvalue weighted by Gasteiger charge is -1.98. The number of H-pyrrole nitrogens is 2. The average molecular weight is 407 g/mol. The maximum atomic E-state index is 12.3. The van der Waals surface area contributed by atoms with Gasteiger partial charge in [-0.25, -0.2) is 4.79 Å². The molecule has 0 amide bonds. The van der Waals surface area contributed by atoms with E-state index in [-0.39, 0.29) is 0 Å². The third kappa shape index (κ3) is 2.89. The van der Waals surface area contributed by atoms with E-state index >= 15 is 0 Å². The van der Waals surface area contributed by atoms with E-state index in [4.69, 9.17) is 4.74 Å². The second kappa shape index (κ2) is 6.40. The molecule has 5 heteroatoms. The zero-order valence-electron chi connectivity index (χ0n) is 14.2. The Morgan fingerprint density at radius 1 is 1.04 bits per heavy atom. The summed E-state index contributed by atoms with van der Waals surface area (Å²) >= 11 is 3.44. The van der Waals surface area contributed by atoms with Gasteiger partial charge < -0.3 is 14.7 Å². The zero-order chi connectivity index (χ0) is 18.3. The Hall–Kier alpha value is -2.97. The Morgan fingerprint density at radius 2 is 1.88 bits per heavy atom. The summed E-state index contributed by atoms with van der Waals surface area (Å²) in [6.45, 7) is 2.06. The second-order valence-corrected chi connectivity index (χ2v) is 7.00. The van der Waals surface area contributed by atoms with E-state index in [1.807, 2.05) is 30.3 Å². The number of rotatable bonds is 1. The van der Waals surface area contributed by atoms with E-state index in [0.717, 1.165) is 32.0 Å². The van der Waals surface area contributed by atoms with Gasteiger partial charge in [-0.1, -0.05) is 33.6 Å². The number of hydrogen-bond acceptors (Lipinski definition) is 2. The van der Waals surface area contributed by atoms with Crippen LogP contribution in [0.4, 0.5) is 0 Å². The average Bonchev–Trinajstić information content (AvgIpc) is 3.18. The van der Waals surface area contributed by atoms with Gasteiger partial charge in [0.25, 0.3) is 0 Å². The quantitative estimate of drug-likeness (QED) is 0.348. The Labute approximate surface area is 158 Å². The van der Waals surface area contributed by atoms with Crippen molar-refractivity contribution in [3.8, 4) is 11.8 Å². The highest BCUT2D eigenvalue weighted by Gasteiger charge is 2.18. The van der Waals surface area contributed by atoms with Gasteiger partial charge in [0, 0.05) is 26.3 Å². The number of halogens is 1. The van der Waals surface area contributed by atoms with Crippen molar-refractivity contribution < 1.29 is 9.53 Å². The molecule has 2 aromatic heterocycles. The van der Waals surface area contributed by atoms with Gasteiger partial charge in [-0.15, -0.1) is 0 Å². The van der Waals surface area contributed by atoms with Crippen LogP contribution in [0, 0.1) is 18.8 Å². The Bertz CT molecular complexity index is 1220. The Balaban J connectivity index is 1.83. The smallest absolute Gasteiger partial charge is 0.341 e. The van der Waals surface area contributed by atoms with Crippen LogP contribution >= 0.6 is 15.9 Å². The Morgan fingerprint density at radius 3 is 2.69 bits per heavy atom. The van der Waals surface area contributed by atoms with Crippen molar-refractivity contribution in [2.24, 2.45) is 0 Å². The summed E-state index contributed by atoms with van der Waals surface area (Å²) < 4.78 is 5.86. The molecular formula is C21H15BrN2O2. The molecular weight excluding hydrogens is 392 g/mol. The van der Waals surface area contributed by atoms with Crippen molar-refractivity contribution in [3.63, 3.8) is 0 Å². The molecule has 0 radical (unpaired) electrons. The van der Waals surface area contributed by atoms with Crippen molar-refractivity contribution >= 4 is 43.7 Å². The number of aromatic amines is 2. The van der Waals surface area contributed by atoms with Gasteiger partial charge in [0.2, 0.25) is 0 Å². The van der Waals surface area contributed by atoms with Gasteiger partial charge in [0.1, 0.15) is 11.3 Å². The lowest BCUT2D eigenvalue weighted by Crippen LogP contribution is -2.02. The van der Waals surface area contributed by atoms with Crippen LogP contribution in [0.1, 0.15) is 27.3 Å². The standard InChI is InChI=1S/C21H15BrN2O2/c1-12-3-7-17-13(9-12)10-15(23-17)5-8-18-20(21(25)26-2)16-6-4-14(22)11-19(16)24-18/h3-4,6-7,9-11,23-24H,1-2H3. The largest absolute Gasteiger partial charge is 0.465 e. The number of nitrogens with one attached hydrogen (secondary N) is 2. The highest BCUT2D eigenvalue weighted by Crippen LogP contribution is 2.26.